The van der Waals surface area contributed by atoms with Gasteiger partial charge in [-0.05, 0) is 19.4 Å². The van der Waals surface area contributed by atoms with E-state index in [4.69, 9.17) is 23.7 Å². The van der Waals surface area contributed by atoms with E-state index in [1.807, 2.05) is 44.2 Å². The molecule has 6 atom stereocenters. The molecule has 3 saturated heterocycles. The molecule has 6 nitrogen and oxygen atoms in total. The molecule has 0 aromatic heterocycles. The molecule has 0 spiro atoms. The molecule has 23 heavy (non-hydrogen) atoms. The van der Waals surface area contributed by atoms with Gasteiger partial charge in [-0.1, -0.05) is 30.3 Å². The summed E-state index contributed by atoms with van der Waals surface area (Å²) in [6.45, 7) is 4.18. The summed E-state index contributed by atoms with van der Waals surface area (Å²) in [5.74, 6) is -0.685. The Morgan fingerprint density at radius 2 is 1.83 bits per heavy atom. The highest BCUT2D eigenvalue weighted by Gasteiger charge is 2.61. The molecule has 0 radical (unpaired) electrons. The van der Waals surface area contributed by atoms with Crippen LogP contribution >= 0.6 is 0 Å². The monoisotopic (exact) mass is 322 g/mol. The van der Waals surface area contributed by atoms with Crippen molar-refractivity contribution in [2.75, 3.05) is 6.61 Å². The van der Waals surface area contributed by atoms with Gasteiger partial charge in [-0.3, -0.25) is 0 Å². The normalized spacial score (nSPS) is 41.0. The third-order valence-corrected chi connectivity index (χ3v) is 4.44. The Morgan fingerprint density at radius 3 is 2.52 bits per heavy atom. The number of rotatable bonds is 5. The Hall–Kier alpha value is -1.02. The predicted molar refractivity (Wildman–Crippen MR) is 79.5 cm³/mol. The summed E-state index contributed by atoms with van der Waals surface area (Å²) >= 11 is 0. The second kappa shape index (κ2) is 5.81. The van der Waals surface area contributed by atoms with Crippen molar-refractivity contribution in [1.82, 2.24) is 0 Å². The molecular weight excluding hydrogens is 300 g/mol. The highest BCUT2D eigenvalue weighted by molar-refractivity contribution is 5.14. The van der Waals surface area contributed by atoms with Crippen LogP contribution in [0.5, 0.6) is 0 Å². The van der Waals surface area contributed by atoms with Gasteiger partial charge in [-0.15, -0.1) is 0 Å². The van der Waals surface area contributed by atoms with Gasteiger partial charge in [-0.25, -0.2) is 0 Å². The maximum atomic E-state index is 9.23. The third kappa shape index (κ3) is 3.03. The summed E-state index contributed by atoms with van der Waals surface area (Å²) in [4.78, 5) is 0. The van der Waals surface area contributed by atoms with Gasteiger partial charge in [0.05, 0.1) is 13.2 Å². The molecule has 6 heteroatoms. The van der Waals surface area contributed by atoms with Crippen molar-refractivity contribution in [3.8, 4) is 0 Å². The van der Waals surface area contributed by atoms with Crippen LogP contribution < -0.4 is 0 Å². The predicted octanol–water partition coefficient (Wildman–Crippen LogP) is 1.21. The van der Waals surface area contributed by atoms with E-state index in [-0.39, 0.29) is 37.1 Å². The number of ether oxygens (including phenoxy) is 5. The van der Waals surface area contributed by atoms with E-state index in [9.17, 15) is 5.11 Å². The zero-order chi connectivity index (χ0) is 16.0. The Bertz CT molecular complexity index is 547. The summed E-state index contributed by atoms with van der Waals surface area (Å²) in [5.41, 5.74) is 1.09. The van der Waals surface area contributed by atoms with E-state index in [0.717, 1.165) is 5.56 Å². The van der Waals surface area contributed by atoms with Crippen LogP contribution in [0.1, 0.15) is 19.4 Å². The molecule has 3 aliphatic heterocycles. The first-order valence-corrected chi connectivity index (χ1v) is 8.00. The molecule has 1 aromatic rings. The number of fused-ring (bicyclic) bond motifs is 1. The fourth-order valence-corrected chi connectivity index (χ4v) is 3.32. The van der Waals surface area contributed by atoms with Gasteiger partial charge in [0.25, 0.3) is 0 Å². The number of benzene rings is 1. The van der Waals surface area contributed by atoms with E-state index in [1.165, 1.54) is 0 Å². The Balaban J connectivity index is 1.47. The summed E-state index contributed by atoms with van der Waals surface area (Å²) in [7, 11) is 0. The van der Waals surface area contributed by atoms with Gasteiger partial charge in [-0.2, -0.15) is 0 Å². The van der Waals surface area contributed by atoms with E-state index in [2.05, 4.69) is 0 Å². The zero-order valence-electron chi connectivity index (χ0n) is 13.3. The number of aliphatic hydroxyl groups excluding tert-OH is 1. The molecule has 3 fully saturated rings. The van der Waals surface area contributed by atoms with Crippen molar-refractivity contribution in [2.45, 2.75) is 63.1 Å². The molecular formula is C17H22O6. The zero-order valence-corrected chi connectivity index (χ0v) is 13.3. The van der Waals surface area contributed by atoms with E-state index in [0.29, 0.717) is 6.61 Å². The second-order valence-corrected chi connectivity index (χ2v) is 6.65. The Morgan fingerprint density at radius 1 is 1.04 bits per heavy atom. The summed E-state index contributed by atoms with van der Waals surface area (Å²) < 4.78 is 29.3. The fourth-order valence-electron chi connectivity index (χ4n) is 3.32. The van der Waals surface area contributed by atoms with Crippen LogP contribution in [0.15, 0.2) is 30.3 Å². The van der Waals surface area contributed by atoms with Gasteiger partial charge in [0, 0.05) is 0 Å². The number of hydrogen-bond acceptors (Lipinski definition) is 6. The summed E-state index contributed by atoms with van der Waals surface area (Å²) in [6, 6.07) is 9.97. The first-order valence-electron chi connectivity index (χ1n) is 8.00. The lowest BCUT2D eigenvalue weighted by atomic mass is 10.1. The second-order valence-electron chi connectivity index (χ2n) is 6.65. The molecule has 0 amide bonds. The van der Waals surface area contributed by atoms with Gasteiger partial charge in [0.15, 0.2) is 12.1 Å². The average molecular weight is 322 g/mol. The largest absolute Gasteiger partial charge is 0.394 e. The molecule has 0 bridgehead atoms. The van der Waals surface area contributed by atoms with Crippen LogP contribution in [0.25, 0.3) is 0 Å². The van der Waals surface area contributed by atoms with Crippen LogP contribution in [0.3, 0.4) is 0 Å². The van der Waals surface area contributed by atoms with Crippen molar-refractivity contribution in [1.29, 1.82) is 0 Å². The van der Waals surface area contributed by atoms with Crippen LogP contribution in [0.4, 0.5) is 0 Å². The number of epoxide rings is 1. The summed E-state index contributed by atoms with van der Waals surface area (Å²) in [5, 5.41) is 9.23. The highest BCUT2D eigenvalue weighted by Crippen LogP contribution is 2.43. The first-order chi connectivity index (χ1) is 11.1. The molecule has 126 valence electrons. The molecule has 0 unspecified atom stereocenters. The fraction of sp³-hybridized carbons (Fsp3) is 0.647. The topological polar surface area (TPSA) is 69.7 Å². The SMILES string of the molecule is CC1(C)O[C@H]2O[C@H]([C@H]3O[C@H]3CO)[C@H](OCc3ccccc3)[C@H]2O1. The van der Waals surface area contributed by atoms with E-state index >= 15 is 0 Å². The maximum absolute atomic E-state index is 9.23. The molecule has 1 N–H and O–H groups in total. The van der Waals surface area contributed by atoms with Gasteiger partial charge in [0.2, 0.25) is 0 Å². The van der Waals surface area contributed by atoms with E-state index in [1.54, 1.807) is 0 Å². The molecule has 0 aliphatic carbocycles. The van der Waals surface area contributed by atoms with Crippen molar-refractivity contribution >= 4 is 0 Å². The molecule has 4 rings (SSSR count). The van der Waals surface area contributed by atoms with Gasteiger partial charge in [0.1, 0.15) is 30.5 Å². The highest BCUT2D eigenvalue weighted by atomic mass is 16.8. The Kier molecular flexibility index (Phi) is 3.91. The molecule has 3 aliphatic rings. The standard InChI is InChI=1S/C17H22O6/c1-17(2)22-15-13(19-9-10-6-4-3-5-7-10)14(21-16(15)23-17)12-11(8-18)20-12/h3-7,11-16,18H,8-9H2,1-2H3/t11-,12-,13-,14+,15+,16+/m0/s1. The lowest BCUT2D eigenvalue weighted by Crippen LogP contribution is -2.40. The minimum atomic E-state index is -0.685. The molecule has 3 heterocycles. The van der Waals surface area contributed by atoms with Crippen molar-refractivity contribution in [3.63, 3.8) is 0 Å². The minimum Gasteiger partial charge on any atom is -0.394 e. The maximum Gasteiger partial charge on any atom is 0.190 e. The minimum absolute atomic E-state index is 0.0154. The third-order valence-electron chi connectivity index (χ3n) is 4.44. The molecule has 0 saturated carbocycles. The molecule has 1 aromatic carbocycles. The van der Waals surface area contributed by atoms with Crippen molar-refractivity contribution < 1.29 is 28.8 Å². The van der Waals surface area contributed by atoms with Crippen LogP contribution in [-0.2, 0) is 30.3 Å². The van der Waals surface area contributed by atoms with Crippen LogP contribution in [0, 0.1) is 0 Å². The van der Waals surface area contributed by atoms with Crippen molar-refractivity contribution in [3.05, 3.63) is 35.9 Å². The first kappa shape index (κ1) is 15.5. The van der Waals surface area contributed by atoms with Crippen LogP contribution in [-0.4, -0.2) is 54.3 Å². The van der Waals surface area contributed by atoms with Crippen molar-refractivity contribution in [2.24, 2.45) is 0 Å². The quantitative estimate of drug-likeness (QED) is 0.822. The smallest absolute Gasteiger partial charge is 0.190 e. The number of aliphatic hydroxyl groups is 1. The Labute approximate surface area is 135 Å². The van der Waals surface area contributed by atoms with Gasteiger partial charge < -0.3 is 28.8 Å². The lowest BCUT2D eigenvalue weighted by molar-refractivity contribution is -0.221. The van der Waals surface area contributed by atoms with Crippen LogP contribution in [0.2, 0.25) is 0 Å². The summed E-state index contributed by atoms with van der Waals surface area (Å²) in [6.07, 6.45) is -1.68. The van der Waals surface area contributed by atoms with Gasteiger partial charge >= 0.3 is 0 Å². The lowest BCUT2D eigenvalue weighted by Gasteiger charge is -2.25. The average Bonchev–Trinajstić information content (AvgIpc) is 3.16. The number of hydrogen-bond donors (Lipinski definition) is 1. The van der Waals surface area contributed by atoms with E-state index < -0.39 is 12.1 Å².